The lowest BCUT2D eigenvalue weighted by Gasteiger charge is -2.30. The lowest BCUT2D eigenvalue weighted by Crippen LogP contribution is -2.39. The first-order valence-corrected chi connectivity index (χ1v) is 12.0. The number of carboxylic acid groups (broad SMARTS) is 1. The average Bonchev–Trinajstić information content (AvgIpc) is 2.87. The number of unbranched alkanes of at least 4 members (excludes halogenated alkanes) is 1. The molecule has 0 atom stereocenters. The molecule has 2 amide bonds. The monoisotopic (exact) mass is 506 g/mol. The molecule has 1 aliphatic rings. The molecule has 0 spiro atoms. The van der Waals surface area contributed by atoms with Crippen LogP contribution in [0.3, 0.4) is 0 Å². The first-order chi connectivity index (χ1) is 17.8. The fourth-order valence-corrected chi connectivity index (χ4v) is 3.75. The van der Waals surface area contributed by atoms with Gasteiger partial charge in [-0.2, -0.15) is 9.97 Å². The van der Waals surface area contributed by atoms with Gasteiger partial charge in [-0.15, -0.1) is 0 Å². The summed E-state index contributed by atoms with van der Waals surface area (Å²) in [5, 5.41) is 11.8. The van der Waals surface area contributed by atoms with Gasteiger partial charge in [0, 0.05) is 20.1 Å². The van der Waals surface area contributed by atoms with Gasteiger partial charge in [-0.3, -0.25) is 4.79 Å². The Morgan fingerprint density at radius 3 is 2.38 bits per heavy atom. The second-order valence-electron chi connectivity index (χ2n) is 8.72. The molecule has 0 unspecified atom stereocenters. The van der Waals surface area contributed by atoms with Gasteiger partial charge in [-0.25, -0.2) is 4.79 Å². The summed E-state index contributed by atoms with van der Waals surface area (Å²) in [7, 11) is 1.52. The zero-order chi connectivity index (χ0) is 26.4. The number of carbonyl (C=O) groups is 2. The Morgan fingerprint density at radius 1 is 1.11 bits per heavy atom. The van der Waals surface area contributed by atoms with Crippen molar-refractivity contribution in [3.8, 4) is 17.5 Å². The summed E-state index contributed by atoms with van der Waals surface area (Å²) in [6, 6.07) is 15.0. The molecule has 0 radical (unpaired) electrons. The first kappa shape index (κ1) is 25.5. The quantitative estimate of drug-likeness (QED) is 0.346. The third kappa shape index (κ3) is 6.57. The van der Waals surface area contributed by atoms with Gasteiger partial charge in [0.2, 0.25) is 5.91 Å². The number of nitrogens with one attached hydrogen (secondary N) is 1. The van der Waals surface area contributed by atoms with Crippen LogP contribution in [0.5, 0.6) is 17.5 Å². The molecule has 1 aromatic heterocycles. The molecule has 0 aliphatic carbocycles. The molecule has 0 saturated carbocycles. The molecular formula is C26H30N6O5. The lowest BCUT2D eigenvalue weighted by molar-refractivity contribution is -0.115. The highest BCUT2D eigenvalue weighted by Crippen LogP contribution is 2.34. The SMILES string of the molecule is CCCCOc1nc(N)c2c(n1)N(Cc1ccc(Oc3ccc(CN(C)C(=O)O)cc3)cc1)CC(=O)N2. The number of nitrogens with zero attached hydrogens (tertiary/aromatic N) is 4. The number of anilines is 3. The smallest absolute Gasteiger partial charge is 0.407 e. The maximum absolute atomic E-state index is 12.3. The van der Waals surface area contributed by atoms with E-state index in [1.54, 1.807) is 12.1 Å². The fourth-order valence-electron chi connectivity index (χ4n) is 3.75. The van der Waals surface area contributed by atoms with Crippen LogP contribution in [0.1, 0.15) is 30.9 Å². The van der Waals surface area contributed by atoms with E-state index in [0.717, 1.165) is 24.0 Å². The minimum Gasteiger partial charge on any atom is -0.465 e. The van der Waals surface area contributed by atoms with Gasteiger partial charge in [-0.05, 0) is 41.8 Å². The highest BCUT2D eigenvalue weighted by molar-refractivity contribution is 6.03. The number of rotatable bonds is 10. The van der Waals surface area contributed by atoms with Crippen LogP contribution in [0.2, 0.25) is 0 Å². The number of carbonyl (C=O) groups excluding carboxylic acids is 1. The molecule has 4 rings (SSSR count). The maximum atomic E-state index is 12.3. The van der Waals surface area contributed by atoms with Gasteiger partial charge in [-0.1, -0.05) is 37.6 Å². The van der Waals surface area contributed by atoms with Crippen LogP contribution in [0, 0.1) is 0 Å². The molecule has 1 aliphatic heterocycles. The Hall–Kier alpha value is -4.54. The zero-order valence-electron chi connectivity index (χ0n) is 20.8. The Balaban J connectivity index is 1.43. The molecule has 11 heteroatoms. The lowest BCUT2D eigenvalue weighted by atomic mass is 10.1. The summed E-state index contributed by atoms with van der Waals surface area (Å²) in [5.74, 6) is 1.78. The van der Waals surface area contributed by atoms with E-state index in [4.69, 9.17) is 20.3 Å². The molecule has 194 valence electrons. The number of nitrogens with two attached hydrogens (primary N) is 1. The van der Waals surface area contributed by atoms with E-state index in [0.29, 0.717) is 42.7 Å². The highest BCUT2D eigenvalue weighted by atomic mass is 16.5. The highest BCUT2D eigenvalue weighted by Gasteiger charge is 2.27. The fraction of sp³-hybridized carbons (Fsp3) is 0.308. The summed E-state index contributed by atoms with van der Waals surface area (Å²) in [6.45, 7) is 3.41. The van der Waals surface area contributed by atoms with Gasteiger partial charge >= 0.3 is 12.1 Å². The minimum atomic E-state index is -0.981. The predicted molar refractivity (Wildman–Crippen MR) is 139 cm³/mol. The van der Waals surface area contributed by atoms with Crippen LogP contribution in [-0.4, -0.2) is 52.2 Å². The number of aromatic nitrogens is 2. The van der Waals surface area contributed by atoms with Crippen molar-refractivity contribution in [1.29, 1.82) is 0 Å². The van der Waals surface area contributed by atoms with Gasteiger partial charge in [0.15, 0.2) is 11.6 Å². The third-order valence-electron chi connectivity index (χ3n) is 5.73. The molecule has 0 saturated heterocycles. The van der Waals surface area contributed by atoms with E-state index >= 15 is 0 Å². The van der Waals surface area contributed by atoms with E-state index in [1.165, 1.54) is 11.9 Å². The molecule has 37 heavy (non-hydrogen) atoms. The zero-order valence-corrected chi connectivity index (χ0v) is 20.8. The number of amides is 2. The Bertz CT molecular complexity index is 1250. The number of ether oxygens (including phenoxy) is 2. The summed E-state index contributed by atoms with van der Waals surface area (Å²) in [5.41, 5.74) is 8.28. The van der Waals surface area contributed by atoms with E-state index in [2.05, 4.69) is 22.2 Å². The normalized spacial score (nSPS) is 12.5. The number of benzene rings is 2. The average molecular weight is 507 g/mol. The molecule has 2 heterocycles. The number of nitrogen functional groups attached to an aromatic ring is 1. The Morgan fingerprint density at radius 2 is 1.76 bits per heavy atom. The van der Waals surface area contributed by atoms with Crippen molar-refractivity contribution in [3.63, 3.8) is 0 Å². The van der Waals surface area contributed by atoms with E-state index in [1.807, 2.05) is 41.3 Å². The van der Waals surface area contributed by atoms with Gasteiger partial charge in [0.05, 0.1) is 13.2 Å². The van der Waals surface area contributed by atoms with E-state index in [-0.39, 0.29) is 24.3 Å². The largest absolute Gasteiger partial charge is 0.465 e. The Labute approximate surface area is 214 Å². The van der Waals surface area contributed by atoms with E-state index in [9.17, 15) is 9.59 Å². The minimum absolute atomic E-state index is 0.125. The summed E-state index contributed by atoms with van der Waals surface area (Å²) in [4.78, 5) is 35.0. The number of hydrogen-bond acceptors (Lipinski definition) is 8. The van der Waals surface area contributed by atoms with E-state index < -0.39 is 6.09 Å². The van der Waals surface area contributed by atoms with Crippen LogP contribution in [0.15, 0.2) is 48.5 Å². The van der Waals surface area contributed by atoms with Crippen molar-refractivity contribution >= 4 is 29.3 Å². The summed E-state index contributed by atoms with van der Waals surface area (Å²) in [6.07, 6.45) is 0.880. The van der Waals surface area contributed by atoms with Crippen molar-refractivity contribution in [3.05, 3.63) is 59.7 Å². The molecule has 4 N–H and O–H groups in total. The van der Waals surface area contributed by atoms with Crippen LogP contribution >= 0.6 is 0 Å². The second kappa shape index (κ2) is 11.5. The number of fused-ring (bicyclic) bond motifs is 1. The van der Waals surface area contributed by atoms with Crippen molar-refractivity contribution in [2.45, 2.75) is 32.9 Å². The summed E-state index contributed by atoms with van der Waals surface area (Å²) >= 11 is 0. The Kier molecular flexibility index (Phi) is 7.92. The molecule has 3 aromatic rings. The van der Waals surface area contributed by atoms with Gasteiger partial charge < -0.3 is 35.4 Å². The second-order valence-corrected chi connectivity index (χ2v) is 8.72. The number of hydrogen-bond donors (Lipinski definition) is 3. The first-order valence-electron chi connectivity index (χ1n) is 12.0. The van der Waals surface area contributed by atoms with Crippen LogP contribution in [0.25, 0.3) is 0 Å². The van der Waals surface area contributed by atoms with Crippen molar-refractivity contribution in [2.24, 2.45) is 0 Å². The maximum Gasteiger partial charge on any atom is 0.407 e. The third-order valence-corrected chi connectivity index (χ3v) is 5.73. The predicted octanol–water partition coefficient (Wildman–Crippen LogP) is 4.10. The molecule has 0 fully saturated rings. The molecule has 0 bridgehead atoms. The van der Waals surface area contributed by atoms with Crippen molar-refractivity contribution < 1.29 is 24.2 Å². The molecular weight excluding hydrogens is 476 g/mol. The van der Waals surface area contributed by atoms with Crippen molar-refractivity contribution in [2.75, 3.05) is 36.1 Å². The summed E-state index contributed by atoms with van der Waals surface area (Å²) < 4.78 is 11.6. The van der Waals surface area contributed by atoms with Crippen LogP contribution < -0.4 is 25.4 Å². The standard InChI is InChI=1S/C26H30N6O5/c1-3-4-13-36-25-29-23(27)22-24(30-25)32(16-21(33)28-22)15-18-7-11-20(12-8-18)37-19-9-5-17(6-10-19)14-31(2)26(34)35/h5-12H,3-4,13-16H2,1-2H3,(H,28,33)(H,34,35)(H2,27,29,30). The topological polar surface area (TPSA) is 143 Å². The van der Waals surface area contributed by atoms with Crippen LogP contribution in [0.4, 0.5) is 22.1 Å². The van der Waals surface area contributed by atoms with Crippen molar-refractivity contribution in [1.82, 2.24) is 14.9 Å². The van der Waals surface area contributed by atoms with Gasteiger partial charge in [0.25, 0.3) is 0 Å². The van der Waals surface area contributed by atoms with Crippen LogP contribution in [-0.2, 0) is 17.9 Å². The molecule has 2 aromatic carbocycles. The van der Waals surface area contributed by atoms with Gasteiger partial charge in [0.1, 0.15) is 17.2 Å². The molecule has 11 nitrogen and oxygen atoms in total.